The normalized spacial score (nSPS) is 14.5. The van der Waals surface area contributed by atoms with E-state index in [2.05, 4.69) is 6.92 Å². The lowest BCUT2D eigenvalue weighted by Crippen LogP contribution is -2.29. The van der Waals surface area contributed by atoms with Gasteiger partial charge in [-0.05, 0) is 12.3 Å². The fourth-order valence-electron chi connectivity index (χ4n) is 3.93. The van der Waals surface area contributed by atoms with Gasteiger partial charge in [0.2, 0.25) is 0 Å². The zero-order chi connectivity index (χ0) is 21.2. The quantitative estimate of drug-likeness (QED) is 0.211. The molecule has 0 aliphatic rings. The molecule has 0 aromatic rings. The molecule has 166 valence electrons. The molecule has 4 heteroatoms. The molecule has 3 atom stereocenters. The molecule has 0 bridgehead atoms. The van der Waals surface area contributed by atoms with Gasteiger partial charge in [0.25, 0.3) is 0 Å². The van der Waals surface area contributed by atoms with Crippen LogP contribution in [0.4, 0.5) is 0 Å². The minimum atomic E-state index is -1.02. The van der Waals surface area contributed by atoms with Gasteiger partial charge in [0.15, 0.2) is 0 Å². The van der Waals surface area contributed by atoms with Crippen molar-refractivity contribution in [2.75, 3.05) is 0 Å². The summed E-state index contributed by atoms with van der Waals surface area (Å²) in [6.45, 7) is 5.81. The summed E-state index contributed by atoms with van der Waals surface area (Å²) in [4.78, 5) is 22.4. The molecule has 2 N–H and O–H groups in total. The van der Waals surface area contributed by atoms with Crippen molar-refractivity contribution in [2.24, 2.45) is 17.8 Å². The number of rotatable bonds is 20. The molecule has 0 fully saturated rings. The minimum Gasteiger partial charge on any atom is -0.481 e. The van der Waals surface area contributed by atoms with E-state index in [1.54, 1.807) is 0 Å². The fourth-order valence-corrected chi connectivity index (χ4v) is 3.93. The van der Waals surface area contributed by atoms with Gasteiger partial charge in [0.05, 0.1) is 11.8 Å². The Hall–Kier alpha value is -1.06. The van der Waals surface area contributed by atoms with E-state index in [1.807, 2.05) is 6.92 Å². The number of carboxylic acid groups (broad SMARTS) is 2. The maximum atomic E-state index is 11.3. The Bertz CT molecular complexity index is 394. The second-order valence-corrected chi connectivity index (χ2v) is 8.80. The topological polar surface area (TPSA) is 74.6 Å². The van der Waals surface area contributed by atoms with Gasteiger partial charge >= 0.3 is 11.9 Å². The maximum Gasteiger partial charge on any atom is 0.307 e. The van der Waals surface area contributed by atoms with Crippen LogP contribution in [-0.2, 0) is 9.59 Å². The summed E-state index contributed by atoms with van der Waals surface area (Å²) in [7, 11) is 0. The smallest absolute Gasteiger partial charge is 0.307 e. The Labute approximate surface area is 173 Å². The van der Waals surface area contributed by atoms with E-state index in [1.165, 1.54) is 90.4 Å². The molecule has 0 spiro atoms. The van der Waals surface area contributed by atoms with E-state index in [4.69, 9.17) is 5.11 Å². The van der Waals surface area contributed by atoms with Crippen LogP contribution in [0.5, 0.6) is 0 Å². The maximum absolute atomic E-state index is 11.3. The Morgan fingerprint density at radius 1 is 0.643 bits per heavy atom. The lowest BCUT2D eigenvalue weighted by Gasteiger charge is -2.20. The highest BCUT2D eigenvalue weighted by Crippen LogP contribution is 2.25. The highest BCUT2D eigenvalue weighted by molar-refractivity contribution is 5.79. The van der Waals surface area contributed by atoms with Crippen molar-refractivity contribution < 1.29 is 19.8 Å². The van der Waals surface area contributed by atoms with Crippen molar-refractivity contribution in [1.82, 2.24) is 0 Å². The van der Waals surface area contributed by atoms with Gasteiger partial charge in [0, 0.05) is 0 Å². The van der Waals surface area contributed by atoms with Crippen molar-refractivity contribution >= 4 is 11.9 Å². The minimum absolute atomic E-state index is 0.264. The molecule has 0 aliphatic heterocycles. The number of carboxylic acids is 2. The number of hydrogen-bond acceptors (Lipinski definition) is 2. The van der Waals surface area contributed by atoms with E-state index in [9.17, 15) is 14.7 Å². The number of unbranched alkanes of at least 4 members (excludes halogenated alkanes) is 13. The van der Waals surface area contributed by atoms with E-state index >= 15 is 0 Å². The van der Waals surface area contributed by atoms with Crippen LogP contribution in [0, 0.1) is 17.8 Å². The first kappa shape index (κ1) is 26.9. The summed E-state index contributed by atoms with van der Waals surface area (Å²) in [5.41, 5.74) is 0. The molecule has 0 saturated carbocycles. The number of hydrogen-bond donors (Lipinski definition) is 2. The van der Waals surface area contributed by atoms with Crippen LogP contribution in [0.3, 0.4) is 0 Å². The van der Waals surface area contributed by atoms with E-state index in [-0.39, 0.29) is 5.92 Å². The van der Waals surface area contributed by atoms with Crippen LogP contribution in [0.1, 0.15) is 124 Å². The molecular formula is C24H46O4. The van der Waals surface area contributed by atoms with Crippen molar-refractivity contribution in [1.29, 1.82) is 0 Å². The van der Waals surface area contributed by atoms with Gasteiger partial charge in [-0.2, -0.15) is 0 Å². The summed E-state index contributed by atoms with van der Waals surface area (Å²) in [6.07, 6.45) is 20.1. The average molecular weight is 399 g/mol. The summed E-state index contributed by atoms with van der Waals surface area (Å²) in [5, 5.41) is 18.3. The Morgan fingerprint density at radius 2 is 1.04 bits per heavy atom. The van der Waals surface area contributed by atoms with Crippen molar-refractivity contribution in [3.05, 3.63) is 0 Å². The molecular weight excluding hydrogens is 352 g/mol. The Kier molecular flexibility index (Phi) is 17.3. The molecule has 0 heterocycles. The highest BCUT2D eigenvalue weighted by atomic mass is 16.4. The van der Waals surface area contributed by atoms with Crippen LogP contribution in [0.25, 0.3) is 0 Å². The summed E-state index contributed by atoms with van der Waals surface area (Å²) in [5.74, 6) is -3.34. The van der Waals surface area contributed by atoms with Crippen molar-refractivity contribution in [2.45, 2.75) is 124 Å². The monoisotopic (exact) mass is 398 g/mol. The molecule has 0 saturated heterocycles. The molecule has 0 rings (SSSR count). The van der Waals surface area contributed by atoms with Crippen LogP contribution in [0.15, 0.2) is 0 Å². The van der Waals surface area contributed by atoms with Gasteiger partial charge in [-0.15, -0.1) is 0 Å². The molecule has 3 unspecified atom stereocenters. The molecule has 0 amide bonds. The zero-order valence-electron chi connectivity index (χ0n) is 18.8. The van der Waals surface area contributed by atoms with E-state index < -0.39 is 23.8 Å². The third-order valence-corrected chi connectivity index (χ3v) is 6.02. The Morgan fingerprint density at radius 3 is 1.39 bits per heavy atom. The van der Waals surface area contributed by atoms with Crippen LogP contribution >= 0.6 is 0 Å². The summed E-state index contributed by atoms with van der Waals surface area (Å²) >= 11 is 0. The largest absolute Gasteiger partial charge is 0.481 e. The van der Waals surface area contributed by atoms with Crippen LogP contribution in [-0.4, -0.2) is 22.2 Å². The lowest BCUT2D eigenvalue weighted by molar-refractivity contribution is -0.153. The van der Waals surface area contributed by atoms with Crippen LogP contribution in [0.2, 0.25) is 0 Å². The molecule has 0 aromatic carbocycles. The molecule has 0 aliphatic carbocycles. The van der Waals surface area contributed by atoms with Gasteiger partial charge in [-0.3, -0.25) is 9.59 Å². The third-order valence-electron chi connectivity index (χ3n) is 6.02. The fraction of sp³-hybridized carbons (Fsp3) is 0.917. The molecule has 4 nitrogen and oxygen atoms in total. The first-order chi connectivity index (χ1) is 13.4. The zero-order valence-corrected chi connectivity index (χ0v) is 18.8. The second-order valence-electron chi connectivity index (χ2n) is 8.80. The third kappa shape index (κ3) is 14.9. The van der Waals surface area contributed by atoms with E-state index in [0.717, 1.165) is 12.8 Å². The van der Waals surface area contributed by atoms with Gasteiger partial charge in [-0.1, -0.05) is 117 Å². The lowest BCUT2D eigenvalue weighted by atomic mass is 9.84. The predicted molar refractivity (Wildman–Crippen MR) is 117 cm³/mol. The van der Waals surface area contributed by atoms with Gasteiger partial charge in [-0.25, -0.2) is 0 Å². The van der Waals surface area contributed by atoms with Crippen molar-refractivity contribution in [3.8, 4) is 0 Å². The summed E-state index contributed by atoms with van der Waals surface area (Å²) in [6, 6.07) is 0. The first-order valence-electron chi connectivity index (χ1n) is 11.9. The number of aliphatic carboxylic acids is 2. The standard InChI is InChI=1S/C24H46O4/c1-4-5-6-7-8-9-10-11-12-13-14-15-16-17-18-20(2)19-22(24(27)28)21(3)23(25)26/h20-22H,4-19H2,1-3H3,(H,25,26)(H,27,28). The highest BCUT2D eigenvalue weighted by Gasteiger charge is 2.30. The molecule has 0 radical (unpaired) electrons. The van der Waals surface area contributed by atoms with Gasteiger partial charge in [0.1, 0.15) is 0 Å². The number of carbonyl (C=O) groups is 2. The molecule has 28 heavy (non-hydrogen) atoms. The first-order valence-corrected chi connectivity index (χ1v) is 11.9. The summed E-state index contributed by atoms with van der Waals surface area (Å²) < 4.78 is 0. The second kappa shape index (κ2) is 18.0. The molecule has 0 aromatic heterocycles. The van der Waals surface area contributed by atoms with Crippen molar-refractivity contribution in [3.63, 3.8) is 0 Å². The average Bonchev–Trinajstić information content (AvgIpc) is 2.65. The SMILES string of the molecule is CCCCCCCCCCCCCCCCC(C)CC(C(=O)O)C(C)C(=O)O. The van der Waals surface area contributed by atoms with E-state index in [0.29, 0.717) is 6.42 Å². The Balaban J connectivity index is 3.55. The van der Waals surface area contributed by atoms with Gasteiger partial charge < -0.3 is 10.2 Å². The van der Waals surface area contributed by atoms with Crippen LogP contribution < -0.4 is 0 Å². The predicted octanol–water partition coefficient (Wildman–Crippen LogP) is 7.31.